The summed E-state index contributed by atoms with van der Waals surface area (Å²) in [5.41, 5.74) is 10.4. The number of amides is 1. The molecule has 0 aromatic heterocycles. The summed E-state index contributed by atoms with van der Waals surface area (Å²) in [6.07, 6.45) is 2.67. The fraction of sp³-hybridized carbons (Fsp3) is 0.778. The summed E-state index contributed by atoms with van der Waals surface area (Å²) < 4.78 is 0. The number of hydrogen-bond donors (Lipinski definition) is 2. The molecule has 1 amide bonds. The second kappa shape index (κ2) is 6.76. The largest absolute Gasteiger partial charge is 0.363 e. The minimum absolute atomic E-state index is 0. The van der Waals surface area contributed by atoms with Gasteiger partial charge in [-0.05, 0) is 38.9 Å². The van der Waals surface area contributed by atoms with Crippen LogP contribution in [0.15, 0.2) is 0 Å². The molecule has 1 unspecified atom stereocenters. The van der Waals surface area contributed by atoms with Crippen molar-refractivity contribution in [3.05, 3.63) is 0 Å². The van der Waals surface area contributed by atoms with Crippen LogP contribution in [0.4, 0.5) is 0 Å². The van der Waals surface area contributed by atoms with Crippen molar-refractivity contribution in [2.24, 2.45) is 11.5 Å². The number of halogens is 1. The summed E-state index contributed by atoms with van der Waals surface area (Å²) >= 11 is 0. The molecule has 0 aromatic carbocycles. The molecule has 0 aromatic rings. The number of primary amides is 1. The Kier molecular flexibility index (Phi) is 6.47. The molecule has 0 spiro atoms. The van der Waals surface area contributed by atoms with Crippen molar-refractivity contribution >= 4 is 24.1 Å². The molecular weight excluding hydrogens is 218 g/mol. The molecule has 1 rings (SSSR count). The first kappa shape index (κ1) is 14.3. The van der Waals surface area contributed by atoms with Gasteiger partial charge in [-0.3, -0.25) is 14.5 Å². The average Bonchev–Trinajstić information content (AvgIpc) is 2.65. The van der Waals surface area contributed by atoms with Crippen molar-refractivity contribution in [3.63, 3.8) is 0 Å². The fourth-order valence-electron chi connectivity index (χ4n) is 1.85. The summed E-state index contributed by atoms with van der Waals surface area (Å²) in [4.78, 5) is 24.2. The van der Waals surface area contributed by atoms with E-state index >= 15 is 0 Å². The molecule has 0 bridgehead atoms. The van der Waals surface area contributed by atoms with E-state index in [0.29, 0.717) is 13.0 Å². The molecular formula is C9H18ClN3O2. The summed E-state index contributed by atoms with van der Waals surface area (Å²) in [6.45, 7) is 2.13. The molecule has 1 aliphatic heterocycles. The summed E-state index contributed by atoms with van der Waals surface area (Å²) in [5.74, 6) is -1.35. The van der Waals surface area contributed by atoms with Crippen molar-refractivity contribution in [1.29, 1.82) is 0 Å². The van der Waals surface area contributed by atoms with Gasteiger partial charge in [0.25, 0.3) is 5.91 Å². The van der Waals surface area contributed by atoms with Crippen molar-refractivity contribution in [2.75, 3.05) is 19.6 Å². The van der Waals surface area contributed by atoms with E-state index in [-0.39, 0.29) is 18.4 Å². The highest BCUT2D eigenvalue weighted by Crippen LogP contribution is 2.14. The number of hydrogen-bond acceptors (Lipinski definition) is 4. The number of carbonyl (C=O) groups excluding carboxylic acids is 2. The van der Waals surface area contributed by atoms with Crippen LogP contribution in [0.5, 0.6) is 0 Å². The Bertz CT molecular complexity index is 229. The Morgan fingerprint density at radius 2 is 1.80 bits per heavy atom. The highest BCUT2D eigenvalue weighted by molar-refractivity contribution is 6.37. The molecule has 88 valence electrons. The van der Waals surface area contributed by atoms with Crippen LogP contribution in [0.2, 0.25) is 0 Å². The third kappa shape index (κ3) is 3.77. The summed E-state index contributed by atoms with van der Waals surface area (Å²) in [6, 6.07) is -0.389. The topological polar surface area (TPSA) is 89.4 Å². The quantitative estimate of drug-likeness (QED) is 0.616. The lowest BCUT2D eigenvalue weighted by atomic mass is 10.1. The van der Waals surface area contributed by atoms with Gasteiger partial charge in [-0.1, -0.05) is 0 Å². The Balaban J connectivity index is 0.00000196. The Morgan fingerprint density at radius 1 is 1.27 bits per heavy atom. The molecule has 1 saturated heterocycles. The van der Waals surface area contributed by atoms with Crippen molar-refractivity contribution in [2.45, 2.75) is 25.3 Å². The first-order chi connectivity index (χ1) is 6.66. The zero-order chi connectivity index (χ0) is 10.6. The lowest BCUT2D eigenvalue weighted by Crippen LogP contribution is -2.46. The first-order valence-electron chi connectivity index (χ1n) is 4.94. The van der Waals surface area contributed by atoms with Crippen LogP contribution in [0.3, 0.4) is 0 Å². The molecule has 15 heavy (non-hydrogen) atoms. The molecule has 0 saturated carbocycles. The predicted molar refractivity (Wildman–Crippen MR) is 59.7 cm³/mol. The third-order valence-corrected chi connectivity index (χ3v) is 2.57. The van der Waals surface area contributed by atoms with Gasteiger partial charge in [0.05, 0.1) is 6.04 Å². The smallest absolute Gasteiger partial charge is 0.286 e. The average molecular weight is 236 g/mol. The van der Waals surface area contributed by atoms with E-state index in [4.69, 9.17) is 11.5 Å². The van der Waals surface area contributed by atoms with Gasteiger partial charge in [0.1, 0.15) is 0 Å². The molecule has 1 aliphatic rings. The lowest BCUT2D eigenvalue weighted by molar-refractivity contribution is -0.139. The fourth-order valence-corrected chi connectivity index (χ4v) is 1.85. The third-order valence-electron chi connectivity index (χ3n) is 2.57. The van der Waals surface area contributed by atoms with Crippen LogP contribution in [0.1, 0.15) is 19.3 Å². The van der Waals surface area contributed by atoms with E-state index in [0.717, 1.165) is 25.9 Å². The standard InChI is InChI=1S/C9H17N3O2.ClH/c10-4-3-7(8(13)9(11)14)12-5-1-2-6-12;/h7H,1-6,10H2,(H2,11,14);1H. The zero-order valence-electron chi connectivity index (χ0n) is 8.65. The van der Waals surface area contributed by atoms with Gasteiger partial charge in [0.15, 0.2) is 0 Å². The maximum absolute atomic E-state index is 11.4. The van der Waals surface area contributed by atoms with Crippen molar-refractivity contribution in [3.8, 4) is 0 Å². The van der Waals surface area contributed by atoms with E-state index in [1.165, 1.54) is 0 Å². The van der Waals surface area contributed by atoms with Gasteiger partial charge < -0.3 is 11.5 Å². The zero-order valence-corrected chi connectivity index (χ0v) is 9.46. The maximum Gasteiger partial charge on any atom is 0.286 e. The maximum atomic E-state index is 11.4. The Morgan fingerprint density at radius 3 is 2.20 bits per heavy atom. The number of Topliss-reactive ketones (excluding diaryl/α,β-unsaturated/α-hetero) is 1. The predicted octanol–water partition coefficient (Wildman–Crippen LogP) is -0.724. The van der Waals surface area contributed by atoms with Crippen LogP contribution >= 0.6 is 12.4 Å². The van der Waals surface area contributed by atoms with Gasteiger partial charge in [-0.2, -0.15) is 0 Å². The number of nitrogens with zero attached hydrogens (tertiary/aromatic N) is 1. The SMILES string of the molecule is Cl.NCCC(C(=O)C(N)=O)N1CCCC1. The highest BCUT2D eigenvalue weighted by atomic mass is 35.5. The highest BCUT2D eigenvalue weighted by Gasteiger charge is 2.30. The number of ketones is 1. The Hall–Kier alpha value is -0.650. The van der Waals surface area contributed by atoms with E-state index in [1.54, 1.807) is 0 Å². The van der Waals surface area contributed by atoms with Gasteiger partial charge in [0.2, 0.25) is 5.78 Å². The van der Waals surface area contributed by atoms with Crippen LogP contribution in [-0.4, -0.2) is 42.3 Å². The van der Waals surface area contributed by atoms with Crippen molar-refractivity contribution in [1.82, 2.24) is 4.90 Å². The molecule has 4 N–H and O–H groups in total. The normalized spacial score (nSPS) is 18.2. The monoisotopic (exact) mass is 235 g/mol. The molecule has 1 heterocycles. The lowest BCUT2D eigenvalue weighted by Gasteiger charge is -2.24. The minimum atomic E-state index is -0.852. The van der Waals surface area contributed by atoms with Gasteiger partial charge in [-0.25, -0.2) is 0 Å². The Labute approximate surface area is 95.6 Å². The van der Waals surface area contributed by atoms with Crippen LogP contribution < -0.4 is 11.5 Å². The van der Waals surface area contributed by atoms with Gasteiger partial charge >= 0.3 is 0 Å². The number of nitrogens with two attached hydrogens (primary N) is 2. The van der Waals surface area contributed by atoms with Crippen LogP contribution in [0.25, 0.3) is 0 Å². The summed E-state index contributed by atoms with van der Waals surface area (Å²) in [7, 11) is 0. The van der Waals surface area contributed by atoms with E-state index in [2.05, 4.69) is 0 Å². The van der Waals surface area contributed by atoms with Gasteiger partial charge in [-0.15, -0.1) is 12.4 Å². The number of likely N-dealkylation sites (tertiary alicyclic amines) is 1. The number of rotatable bonds is 5. The van der Waals surface area contributed by atoms with Crippen molar-refractivity contribution < 1.29 is 9.59 Å². The van der Waals surface area contributed by atoms with Gasteiger partial charge in [0, 0.05) is 0 Å². The van der Waals surface area contributed by atoms with Crippen LogP contribution in [-0.2, 0) is 9.59 Å². The summed E-state index contributed by atoms with van der Waals surface area (Å²) in [5, 5.41) is 0. The van der Waals surface area contributed by atoms with E-state index < -0.39 is 11.7 Å². The second-order valence-electron chi connectivity index (χ2n) is 3.56. The molecule has 1 atom stereocenters. The molecule has 1 fully saturated rings. The van der Waals surface area contributed by atoms with Crippen LogP contribution in [0, 0.1) is 0 Å². The van der Waals surface area contributed by atoms with E-state index in [1.807, 2.05) is 4.90 Å². The second-order valence-corrected chi connectivity index (χ2v) is 3.56. The molecule has 5 nitrogen and oxygen atoms in total. The molecule has 6 heteroatoms. The molecule has 0 radical (unpaired) electrons. The van der Waals surface area contributed by atoms with E-state index in [9.17, 15) is 9.59 Å². The minimum Gasteiger partial charge on any atom is -0.363 e. The molecule has 0 aliphatic carbocycles. The number of carbonyl (C=O) groups is 2. The first-order valence-corrected chi connectivity index (χ1v) is 4.94.